The van der Waals surface area contributed by atoms with E-state index < -0.39 is 11.5 Å². The first-order chi connectivity index (χ1) is 8.34. The van der Waals surface area contributed by atoms with Crippen molar-refractivity contribution in [2.75, 3.05) is 0 Å². The largest absolute Gasteiger partial charge is 0.504 e. The monoisotopic (exact) mass is 248 g/mol. The molecule has 0 saturated carbocycles. The van der Waals surface area contributed by atoms with E-state index in [4.69, 9.17) is 0 Å². The summed E-state index contributed by atoms with van der Waals surface area (Å²) in [6.45, 7) is 7.43. The Bertz CT molecular complexity index is 460. The second-order valence-electron chi connectivity index (χ2n) is 5.03. The Morgan fingerprint density at radius 1 is 1.39 bits per heavy atom. The molecule has 0 spiro atoms. The molecule has 0 aliphatic heterocycles. The number of Topliss-reactive ketones (excluding diaryl/α,β-unsaturated/α-hetero) is 1. The first-order valence-electron chi connectivity index (χ1n) is 6.18. The first-order valence-corrected chi connectivity index (χ1v) is 6.18. The van der Waals surface area contributed by atoms with Gasteiger partial charge in [0.2, 0.25) is 5.78 Å². The lowest BCUT2D eigenvalue weighted by Crippen LogP contribution is -2.21. The molecule has 0 heterocycles. The molecule has 18 heavy (non-hydrogen) atoms. The van der Waals surface area contributed by atoms with Crippen molar-refractivity contribution in [3.63, 3.8) is 0 Å². The van der Waals surface area contributed by atoms with Crippen LogP contribution in [0.1, 0.15) is 40.5 Å². The van der Waals surface area contributed by atoms with E-state index in [2.05, 4.69) is 6.08 Å². The van der Waals surface area contributed by atoms with Gasteiger partial charge in [-0.05, 0) is 45.6 Å². The summed E-state index contributed by atoms with van der Waals surface area (Å²) >= 11 is 0. The van der Waals surface area contributed by atoms with Crippen molar-refractivity contribution in [2.45, 2.75) is 40.5 Å². The number of ketones is 2. The topological polar surface area (TPSA) is 54.4 Å². The van der Waals surface area contributed by atoms with Crippen LogP contribution in [0.3, 0.4) is 0 Å². The summed E-state index contributed by atoms with van der Waals surface area (Å²) in [4.78, 5) is 23.5. The van der Waals surface area contributed by atoms with Gasteiger partial charge in [0, 0.05) is 11.1 Å². The minimum absolute atomic E-state index is 0.0210. The summed E-state index contributed by atoms with van der Waals surface area (Å²) in [7, 11) is 0. The minimum atomic E-state index is -0.406. The SMILES string of the molecule is CC(C)=CCC[C@H](C)C1=CC(=O)C(C)=C(O)C1=O. The summed E-state index contributed by atoms with van der Waals surface area (Å²) in [5, 5.41) is 9.61. The number of hydrogen-bond acceptors (Lipinski definition) is 3. The fourth-order valence-corrected chi connectivity index (χ4v) is 1.88. The van der Waals surface area contributed by atoms with E-state index in [1.807, 2.05) is 20.8 Å². The van der Waals surface area contributed by atoms with Crippen LogP contribution in [-0.4, -0.2) is 16.7 Å². The third-order valence-electron chi connectivity index (χ3n) is 3.17. The van der Waals surface area contributed by atoms with Crippen molar-refractivity contribution in [3.05, 3.63) is 34.6 Å². The van der Waals surface area contributed by atoms with Gasteiger partial charge in [0.25, 0.3) is 0 Å². The van der Waals surface area contributed by atoms with Crippen molar-refractivity contribution in [2.24, 2.45) is 5.92 Å². The van der Waals surface area contributed by atoms with E-state index in [0.717, 1.165) is 12.8 Å². The number of carbonyl (C=O) groups is 2. The van der Waals surface area contributed by atoms with Crippen LogP contribution in [0, 0.1) is 5.92 Å². The zero-order chi connectivity index (χ0) is 13.9. The highest BCUT2D eigenvalue weighted by molar-refractivity contribution is 6.21. The molecule has 0 aromatic heterocycles. The molecule has 0 bridgehead atoms. The van der Waals surface area contributed by atoms with Gasteiger partial charge in [0.1, 0.15) is 0 Å². The van der Waals surface area contributed by atoms with Crippen LogP contribution in [0.15, 0.2) is 34.6 Å². The van der Waals surface area contributed by atoms with Gasteiger partial charge < -0.3 is 5.11 Å². The predicted molar refractivity (Wildman–Crippen MR) is 71.3 cm³/mol. The summed E-state index contributed by atoms with van der Waals surface area (Å²) < 4.78 is 0. The van der Waals surface area contributed by atoms with Gasteiger partial charge in [-0.2, -0.15) is 0 Å². The zero-order valence-corrected chi connectivity index (χ0v) is 11.4. The van der Waals surface area contributed by atoms with Gasteiger partial charge in [0.05, 0.1) is 0 Å². The Hall–Kier alpha value is -1.64. The normalized spacial score (nSPS) is 17.7. The Balaban J connectivity index is 2.79. The molecule has 0 aromatic rings. The molecule has 0 saturated heterocycles. The molecular formula is C15H20O3. The summed E-state index contributed by atoms with van der Waals surface area (Å²) in [6.07, 6.45) is 5.13. The molecule has 3 heteroatoms. The van der Waals surface area contributed by atoms with E-state index >= 15 is 0 Å². The molecule has 1 aliphatic carbocycles. The van der Waals surface area contributed by atoms with Crippen LogP contribution in [-0.2, 0) is 9.59 Å². The molecule has 0 aromatic carbocycles. The summed E-state index contributed by atoms with van der Waals surface area (Å²) in [5.41, 5.74) is 1.80. The van der Waals surface area contributed by atoms with Crippen LogP contribution in [0.2, 0.25) is 0 Å². The molecule has 1 N–H and O–H groups in total. The Labute approximate surface area is 108 Å². The lowest BCUT2D eigenvalue weighted by Gasteiger charge is -2.18. The summed E-state index contributed by atoms with van der Waals surface area (Å²) in [5.74, 6) is -1.09. The highest BCUT2D eigenvalue weighted by Gasteiger charge is 2.28. The van der Waals surface area contributed by atoms with Gasteiger partial charge in [-0.1, -0.05) is 18.6 Å². The number of allylic oxidation sites excluding steroid dienone is 5. The maximum absolute atomic E-state index is 11.9. The highest BCUT2D eigenvalue weighted by atomic mass is 16.3. The van der Waals surface area contributed by atoms with Gasteiger partial charge >= 0.3 is 0 Å². The third-order valence-corrected chi connectivity index (χ3v) is 3.17. The molecule has 1 aliphatic rings. The van der Waals surface area contributed by atoms with Gasteiger partial charge in [-0.15, -0.1) is 0 Å². The maximum atomic E-state index is 11.9. The molecule has 3 nitrogen and oxygen atoms in total. The van der Waals surface area contributed by atoms with Crippen molar-refractivity contribution >= 4 is 11.6 Å². The van der Waals surface area contributed by atoms with Crippen LogP contribution >= 0.6 is 0 Å². The third kappa shape index (κ3) is 3.19. The van der Waals surface area contributed by atoms with Crippen molar-refractivity contribution < 1.29 is 14.7 Å². The van der Waals surface area contributed by atoms with Crippen LogP contribution in [0.4, 0.5) is 0 Å². The van der Waals surface area contributed by atoms with Gasteiger partial charge in [-0.3, -0.25) is 9.59 Å². The Morgan fingerprint density at radius 3 is 2.56 bits per heavy atom. The lowest BCUT2D eigenvalue weighted by molar-refractivity contribution is -0.118. The first kappa shape index (κ1) is 14.4. The molecule has 0 unspecified atom stereocenters. The molecular weight excluding hydrogens is 228 g/mol. The van der Waals surface area contributed by atoms with E-state index in [9.17, 15) is 14.7 Å². The number of carbonyl (C=O) groups excluding carboxylic acids is 2. The fourth-order valence-electron chi connectivity index (χ4n) is 1.88. The van der Waals surface area contributed by atoms with Crippen molar-refractivity contribution in [3.8, 4) is 0 Å². The van der Waals surface area contributed by atoms with Crippen molar-refractivity contribution in [1.29, 1.82) is 0 Å². The molecule has 1 rings (SSSR count). The average molecular weight is 248 g/mol. The molecule has 0 amide bonds. The van der Waals surface area contributed by atoms with Crippen LogP contribution < -0.4 is 0 Å². The smallest absolute Gasteiger partial charge is 0.224 e. The number of aliphatic hydroxyl groups is 1. The second-order valence-corrected chi connectivity index (χ2v) is 5.03. The number of hydrogen-bond donors (Lipinski definition) is 1. The van der Waals surface area contributed by atoms with E-state index in [1.165, 1.54) is 18.6 Å². The van der Waals surface area contributed by atoms with Crippen LogP contribution in [0.25, 0.3) is 0 Å². The minimum Gasteiger partial charge on any atom is -0.504 e. The highest BCUT2D eigenvalue weighted by Crippen LogP contribution is 2.25. The molecule has 0 radical (unpaired) electrons. The molecule has 98 valence electrons. The van der Waals surface area contributed by atoms with Crippen LogP contribution in [0.5, 0.6) is 0 Å². The van der Waals surface area contributed by atoms with E-state index in [0.29, 0.717) is 5.57 Å². The standard InChI is InChI=1S/C15H20O3/c1-9(2)6-5-7-10(3)12-8-13(16)11(4)14(17)15(12)18/h6,8,10,17H,5,7H2,1-4H3/t10-/m0/s1. The maximum Gasteiger partial charge on any atom is 0.224 e. The zero-order valence-electron chi connectivity index (χ0n) is 11.4. The Morgan fingerprint density at radius 2 is 2.00 bits per heavy atom. The lowest BCUT2D eigenvalue weighted by atomic mass is 9.86. The number of aliphatic hydroxyl groups excluding tert-OH is 1. The predicted octanol–water partition coefficient (Wildman–Crippen LogP) is 3.28. The van der Waals surface area contributed by atoms with Gasteiger partial charge in [0.15, 0.2) is 11.5 Å². The summed E-state index contributed by atoms with van der Waals surface area (Å²) in [6, 6.07) is 0. The van der Waals surface area contributed by atoms with E-state index in [1.54, 1.807) is 0 Å². The number of rotatable bonds is 4. The Kier molecular flexibility index (Phi) is 4.65. The second kappa shape index (κ2) is 5.80. The quantitative estimate of drug-likeness (QED) is 0.613. The van der Waals surface area contributed by atoms with E-state index in [-0.39, 0.29) is 17.3 Å². The van der Waals surface area contributed by atoms with Gasteiger partial charge in [-0.25, -0.2) is 0 Å². The molecule has 0 fully saturated rings. The molecule has 1 atom stereocenters. The fraction of sp³-hybridized carbons (Fsp3) is 0.467. The average Bonchev–Trinajstić information content (AvgIpc) is 2.30. The van der Waals surface area contributed by atoms with Crippen molar-refractivity contribution in [1.82, 2.24) is 0 Å².